The van der Waals surface area contributed by atoms with Crippen LogP contribution in [-0.2, 0) is 0 Å². The van der Waals surface area contributed by atoms with Gasteiger partial charge in [0.2, 0.25) is 0 Å². The second-order valence-electron chi connectivity index (χ2n) is 2.24. The summed E-state index contributed by atoms with van der Waals surface area (Å²) < 4.78 is 0. The van der Waals surface area contributed by atoms with E-state index in [9.17, 15) is 0 Å². The largest absolute Gasteiger partial charge is 0.390 e. The summed E-state index contributed by atoms with van der Waals surface area (Å²) in [7, 11) is 0. The molecule has 0 spiro atoms. The molecule has 0 aliphatic carbocycles. The van der Waals surface area contributed by atoms with Gasteiger partial charge < -0.3 is 22.3 Å². The van der Waals surface area contributed by atoms with E-state index in [1.54, 1.807) is 6.92 Å². The highest BCUT2D eigenvalue weighted by molar-refractivity contribution is 4.79. The van der Waals surface area contributed by atoms with Crippen molar-refractivity contribution in [3.8, 4) is 0 Å². The number of aliphatic hydroxyl groups excluding tert-OH is 1. The van der Waals surface area contributed by atoms with Crippen molar-refractivity contribution in [3.05, 3.63) is 0 Å². The molecule has 3 atom stereocenters. The Balaban J connectivity index is 3.58. The molecule has 3 unspecified atom stereocenters. The van der Waals surface area contributed by atoms with Crippen LogP contribution >= 0.6 is 0 Å². The highest BCUT2D eigenvalue weighted by Gasteiger charge is 2.15. The average Bonchev–Trinajstić information content (AvgIpc) is 1.84. The minimum Gasteiger partial charge on any atom is -0.390 e. The maximum Gasteiger partial charge on any atom is 0.0828 e. The molecular formula is C5H15N3O. The molecule has 0 aliphatic heterocycles. The van der Waals surface area contributed by atoms with Crippen LogP contribution in [0.15, 0.2) is 0 Å². The number of hydrogen-bond donors (Lipinski definition) is 4. The molecule has 0 aromatic heterocycles. The highest BCUT2D eigenvalue weighted by Crippen LogP contribution is 1.90. The summed E-state index contributed by atoms with van der Waals surface area (Å²) >= 11 is 0. The van der Waals surface area contributed by atoms with E-state index < -0.39 is 12.1 Å². The number of hydrogen-bond acceptors (Lipinski definition) is 4. The smallest absolute Gasteiger partial charge is 0.0828 e. The zero-order chi connectivity index (χ0) is 7.44. The zero-order valence-electron chi connectivity index (χ0n) is 5.62. The lowest BCUT2D eigenvalue weighted by atomic mass is 10.1. The van der Waals surface area contributed by atoms with Gasteiger partial charge in [-0.2, -0.15) is 0 Å². The minimum absolute atomic E-state index is 0.169. The Kier molecular flexibility index (Phi) is 3.72. The van der Waals surface area contributed by atoms with Crippen LogP contribution in [0, 0.1) is 0 Å². The van der Waals surface area contributed by atoms with Crippen LogP contribution in [0.5, 0.6) is 0 Å². The Morgan fingerprint density at radius 3 is 2.00 bits per heavy atom. The van der Waals surface area contributed by atoms with Crippen molar-refractivity contribution < 1.29 is 5.11 Å². The molecule has 0 aromatic rings. The minimum atomic E-state index is -0.676. The standard InChI is InChI=1S/C5H15N3O/c1-3(7)5(8)4(9)2-6/h3-5,9H,2,6-8H2,1H3. The normalized spacial score (nSPS) is 21.0. The van der Waals surface area contributed by atoms with Gasteiger partial charge in [-0.3, -0.25) is 0 Å². The molecule has 7 N–H and O–H groups in total. The molecule has 0 saturated carbocycles. The summed E-state index contributed by atoms with van der Waals surface area (Å²) in [5.74, 6) is 0. The Morgan fingerprint density at radius 2 is 1.89 bits per heavy atom. The highest BCUT2D eigenvalue weighted by atomic mass is 16.3. The molecule has 0 amide bonds. The Labute approximate surface area is 55.0 Å². The molecule has 0 aliphatic rings. The van der Waals surface area contributed by atoms with Crippen LogP contribution in [0.25, 0.3) is 0 Å². The molecule has 0 fully saturated rings. The van der Waals surface area contributed by atoms with Crippen molar-refractivity contribution in [2.24, 2.45) is 17.2 Å². The van der Waals surface area contributed by atoms with Crippen LogP contribution in [-0.4, -0.2) is 29.8 Å². The molecule has 56 valence electrons. The van der Waals surface area contributed by atoms with Gasteiger partial charge in [0.25, 0.3) is 0 Å². The first-order valence-electron chi connectivity index (χ1n) is 2.99. The summed E-state index contributed by atoms with van der Waals surface area (Å²) in [6, 6.07) is -0.612. The molecule has 0 rings (SSSR count). The van der Waals surface area contributed by atoms with Gasteiger partial charge in [0, 0.05) is 18.6 Å². The molecular weight excluding hydrogens is 118 g/mol. The van der Waals surface area contributed by atoms with Gasteiger partial charge in [-0.05, 0) is 6.92 Å². The van der Waals surface area contributed by atoms with E-state index in [1.165, 1.54) is 0 Å². The first kappa shape index (κ1) is 8.84. The maximum absolute atomic E-state index is 8.97. The summed E-state index contributed by atoms with van der Waals surface area (Å²) in [4.78, 5) is 0. The predicted octanol–water partition coefficient (Wildman–Crippen LogP) is -2.02. The lowest BCUT2D eigenvalue weighted by Gasteiger charge is -2.19. The van der Waals surface area contributed by atoms with Gasteiger partial charge in [0.1, 0.15) is 0 Å². The molecule has 4 nitrogen and oxygen atoms in total. The number of aliphatic hydroxyl groups is 1. The number of nitrogens with two attached hydrogens (primary N) is 3. The summed E-state index contributed by atoms with van der Waals surface area (Å²) in [6.07, 6.45) is -0.676. The van der Waals surface area contributed by atoms with Gasteiger partial charge in [-0.25, -0.2) is 0 Å². The Bertz CT molecular complexity index is 76.6. The van der Waals surface area contributed by atoms with E-state index in [4.69, 9.17) is 22.3 Å². The van der Waals surface area contributed by atoms with Crippen LogP contribution < -0.4 is 17.2 Å². The van der Waals surface area contributed by atoms with E-state index in [0.29, 0.717) is 0 Å². The van der Waals surface area contributed by atoms with Crippen molar-refractivity contribution in [3.63, 3.8) is 0 Å². The fourth-order valence-corrected chi connectivity index (χ4v) is 0.508. The molecule has 0 aromatic carbocycles. The van der Waals surface area contributed by atoms with Crippen molar-refractivity contribution in [2.45, 2.75) is 25.1 Å². The van der Waals surface area contributed by atoms with Crippen LogP contribution in [0.3, 0.4) is 0 Å². The fraction of sp³-hybridized carbons (Fsp3) is 1.00. The Morgan fingerprint density at radius 1 is 1.44 bits per heavy atom. The van der Waals surface area contributed by atoms with E-state index in [1.807, 2.05) is 0 Å². The van der Waals surface area contributed by atoms with Gasteiger partial charge in [0.15, 0.2) is 0 Å². The SMILES string of the molecule is CC(N)C(N)C(O)CN. The summed E-state index contributed by atoms with van der Waals surface area (Å²) in [5, 5.41) is 8.97. The second kappa shape index (κ2) is 3.79. The predicted molar refractivity (Wildman–Crippen MR) is 36.7 cm³/mol. The molecule has 0 saturated heterocycles. The molecule has 9 heavy (non-hydrogen) atoms. The van der Waals surface area contributed by atoms with Gasteiger partial charge >= 0.3 is 0 Å². The maximum atomic E-state index is 8.97. The molecule has 0 radical (unpaired) electrons. The van der Waals surface area contributed by atoms with Gasteiger partial charge in [-0.1, -0.05) is 0 Å². The molecule has 0 heterocycles. The Hall–Kier alpha value is -0.160. The summed E-state index contributed by atoms with van der Waals surface area (Å²) in [5.41, 5.74) is 15.9. The quantitative estimate of drug-likeness (QED) is 0.357. The van der Waals surface area contributed by atoms with Crippen molar-refractivity contribution in [1.82, 2.24) is 0 Å². The van der Waals surface area contributed by atoms with E-state index in [0.717, 1.165) is 0 Å². The lowest BCUT2D eigenvalue weighted by Crippen LogP contribution is -2.50. The van der Waals surface area contributed by atoms with Crippen LogP contribution in [0.2, 0.25) is 0 Å². The topological polar surface area (TPSA) is 98.3 Å². The van der Waals surface area contributed by atoms with Crippen LogP contribution in [0.1, 0.15) is 6.92 Å². The van der Waals surface area contributed by atoms with E-state index in [2.05, 4.69) is 0 Å². The third-order valence-corrected chi connectivity index (χ3v) is 1.29. The van der Waals surface area contributed by atoms with E-state index in [-0.39, 0.29) is 12.6 Å². The number of rotatable bonds is 3. The van der Waals surface area contributed by atoms with Crippen molar-refractivity contribution in [1.29, 1.82) is 0 Å². The third kappa shape index (κ3) is 2.76. The average molecular weight is 133 g/mol. The first-order chi connectivity index (χ1) is 4.09. The van der Waals surface area contributed by atoms with E-state index >= 15 is 0 Å². The third-order valence-electron chi connectivity index (χ3n) is 1.29. The van der Waals surface area contributed by atoms with Crippen molar-refractivity contribution in [2.75, 3.05) is 6.54 Å². The van der Waals surface area contributed by atoms with Crippen molar-refractivity contribution >= 4 is 0 Å². The molecule has 0 bridgehead atoms. The molecule has 4 heteroatoms. The van der Waals surface area contributed by atoms with Gasteiger partial charge in [0.05, 0.1) is 6.10 Å². The monoisotopic (exact) mass is 133 g/mol. The second-order valence-corrected chi connectivity index (χ2v) is 2.24. The fourth-order valence-electron chi connectivity index (χ4n) is 0.508. The lowest BCUT2D eigenvalue weighted by molar-refractivity contribution is 0.143. The first-order valence-corrected chi connectivity index (χ1v) is 2.99. The summed E-state index contributed by atoms with van der Waals surface area (Å²) in [6.45, 7) is 1.91. The van der Waals surface area contributed by atoms with Crippen LogP contribution in [0.4, 0.5) is 0 Å². The zero-order valence-corrected chi connectivity index (χ0v) is 5.62. The van der Waals surface area contributed by atoms with Gasteiger partial charge in [-0.15, -0.1) is 0 Å².